The Morgan fingerprint density at radius 3 is 2.53 bits per heavy atom. The van der Waals surface area contributed by atoms with E-state index in [9.17, 15) is 4.79 Å². The average molecular weight is 260 g/mol. The maximum Gasteiger partial charge on any atom is 0.314 e. The minimum Gasteiger partial charge on any atom is -0.338 e. The highest BCUT2D eigenvalue weighted by atomic mass is 16.2. The fourth-order valence-corrected chi connectivity index (χ4v) is 2.66. The van der Waals surface area contributed by atoms with Crippen LogP contribution < -0.4 is 10.6 Å². The molecule has 2 rings (SSSR count). The fraction of sp³-hybridized carbons (Fsp3) is 0.562. The van der Waals surface area contributed by atoms with Gasteiger partial charge in [0.2, 0.25) is 0 Å². The summed E-state index contributed by atoms with van der Waals surface area (Å²) < 4.78 is 0. The van der Waals surface area contributed by atoms with Gasteiger partial charge in [0.25, 0.3) is 0 Å². The van der Waals surface area contributed by atoms with E-state index in [2.05, 4.69) is 22.8 Å². The Morgan fingerprint density at radius 2 is 1.79 bits per heavy atom. The molecule has 1 fully saturated rings. The number of carbonyl (C=O) groups excluding carboxylic acids is 1. The molecule has 3 nitrogen and oxygen atoms in total. The molecule has 0 spiro atoms. The highest BCUT2D eigenvalue weighted by Gasteiger charge is 2.13. The van der Waals surface area contributed by atoms with Gasteiger partial charge in [-0.15, -0.1) is 0 Å². The first-order chi connectivity index (χ1) is 9.34. The molecule has 1 aromatic carbocycles. The first-order valence-corrected chi connectivity index (χ1v) is 7.40. The summed E-state index contributed by atoms with van der Waals surface area (Å²) in [5.74, 6) is 0.689. The second kappa shape index (κ2) is 7.82. The summed E-state index contributed by atoms with van der Waals surface area (Å²) in [5, 5.41) is 5.91. The van der Waals surface area contributed by atoms with Crippen molar-refractivity contribution in [3.05, 3.63) is 35.9 Å². The topological polar surface area (TPSA) is 41.1 Å². The number of benzene rings is 1. The van der Waals surface area contributed by atoms with Gasteiger partial charge in [-0.25, -0.2) is 4.79 Å². The van der Waals surface area contributed by atoms with Gasteiger partial charge in [-0.05, 0) is 30.7 Å². The van der Waals surface area contributed by atoms with Crippen LogP contribution in [0.2, 0.25) is 0 Å². The van der Waals surface area contributed by atoms with E-state index >= 15 is 0 Å². The van der Waals surface area contributed by atoms with Gasteiger partial charge in [0.15, 0.2) is 0 Å². The summed E-state index contributed by atoms with van der Waals surface area (Å²) in [6.45, 7) is 1.53. The lowest BCUT2D eigenvalue weighted by Crippen LogP contribution is -2.39. The lowest BCUT2D eigenvalue weighted by Gasteiger charge is -2.21. The molecule has 0 bridgehead atoms. The number of nitrogens with one attached hydrogen (secondary N) is 2. The molecule has 0 aliphatic heterocycles. The second-order valence-corrected chi connectivity index (χ2v) is 5.38. The number of amides is 2. The van der Waals surface area contributed by atoms with E-state index in [-0.39, 0.29) is 6.03 Å². The van der Waals surface area contributed by atoms with E-state index in [4.69, 9.17) is 0 Å². The molecule has 2 amide bonds. The maximum absolute atomic E-state index is 11.7. The molecule has 0 radical (unpaired) electrons. The zero-order valence-electron chi connectivity index (χ0n) is 11.5. The van der Waals surface area contributed by atoms with Gasteiger partial charge in [-0.1, -0.05) is 49.6 Å². The molecule has 104 valence electrons. The van der Waals surface area contributed by atoms with Crippen molar-refractivity contribution in [2.24, 2.45) is 5.92 Å². The van der Waals surface area contributed by atoms with Crippen LogP contribution in [0.25, 0.3) is 0 Å². The third-order valence-electron chi connectivity index (χ3n) is 3.82. The van der Waals surface area contributed by atoms with E-state index in [1.54, 1.807) is 0 Å². The van der Waals surface area contributed by atoms with Crippen molar-refractivity contribution in [1.29, 1.82) is 0 Å². The quantitative estimate of drug-likeness (QED) is 0.839. The molecule has 1 aliphatic rings. The van der Waals surface area contributed by atoms with Crippen LogP contribution in [0.5, 0.6) is 0 Å². The van der Waals surface area contributed by atoms with Crippen LogP contribution in [-0.2, 0) is 6.42 Å². The van der Waals surface area contributed by atoms with E-state index < -0.39 is 0 Å². The highest BCUT2D eigenvalue weighted by molar-refractivity contribution is 5.73. The normalized spacial score (nSPS) is 16.0. The largest absolute Gasteiger partial charge is 0.338 e. The average Bonchev–Trinajstić information content (AvgIpc) is 2.47. The molecule has 1 aliphatic carbocycles. The van der Waals surface area contributed by atoms with Crippen molar-refractivity contribution in [1.82, 2.24) is 10.6 Å². The Bertz CT molecular complexity index is 372. The maximum atomic E-state index is 11.7. The Hall–Kier alpha value is -1.51. The summed E-state index contributed by atoms with van der Waals surface area (Å²) in [7, 11) is 0. The number of hydrogen-bond acceptors (Lipinski definition) is 1. The molecule has 2 N–H and O–H groups in total. The van der Waals surface area contributed by atoms with Gasteiger partial charge < -0.3 is 10.6 Å². The van der Waals surface area contributed by atoms with Crippen LogP contribution in [0.1, 0.15) is 37.7 Å². The molecule has 19 heavy (non-hydrogen) atoms. The summed E-state index contributed by atoms with van der Waals surface area (Å²) >= 11 is 0. The van der Waals surface area contributed by atoms with E-state index in [0.717, 1.165) is 13.0 Å². The number of urea groups is 1. The predicted octanol–water partition coefficient (Wildman–Crippen LogP) is 3.11. The van der Waals surface area contributed by atoms with Crippen LogP contribution in [-0.4, -0.2) is 19.1 Å². The number of hydrogen-bond donors (Lipinski definition) is 2. The van der Waals surface area contributed by atoms with E-state index in [1.807, 2.05) is 18.2 Å². The van der Waals surface area contributed by atoms with Crippen LogP contribution >= 0.6 is 0 Å². The van der Waals surface area contributed by atoms with Crippen LogP contribution in [0.3, 0.4) is 0 Å². The highest BCUT2D eigenvalue weighted by Crippen LogP contribution is 2.22. The minimum atomic E-state index is -0.0264. The van der Waals surface area contributed by atoms with Gasteiger partial charge in [0.05, 0.1) is 0 Å². The Balaban J connectivity index is 1.57. The summed E-state index contributed by atoms with van der Waals surface area (Å²) in [4.78, 5) is 11.7. The monoisotopic (exact) mass is 260 g/mol. The standard InChI is InChI=1S/C16H24N2O/c19-16(18-13-15-9-5-2-6-10-15)17-12-11-14-7-3-1-4-8-14/h1,3-4,7-8,15H,2,5-6,9-13H2,(H2,17,18,19). The van der Waals surface area contributed by atoms with Crippen molar-refractivity contribution >= 4 is 6.03 Å². The first kappa shape index (κ1) is 13.9. The van der Waals surface area contributed by atoms with Gasteiger partial charge in [-0.2, -0.15) is 0 Å². The predicted molar refractivity (Wildman–Crippen MR) is 78.1 cm³/mol. The number of carbonyl (C=O) groups is 1. The summed E-state index contributed by atoms with van der Waals surface area (Å²) in [5.41, 5.74) is 1.26. The molecular weight excluding hydrogens is 236 g/mol. The SMILES string of the molecule is O=C(NCCc1ccccc1)NCC1CCCCC1. The smallest absolute Gasteiger partial charge is 0.314 e. The van der Waals surface area contributed by atoms with E-state index in [0.29, 0.717) is 12.5 Å². The minimum absolute atomic E-state index is 0.0264. The number of rotatable bonds is 5. The molecule has 0 heterocycles. The Morgan fingerprint density at radius 1 is 1.05 bits per heavy atom. The Kier molecular flexibility index (Phi) is 5.73. The van der Waals surface area contributed by atoms with Crippen molar-refractivity contribution in [2.45, 2.75) is 38.5 Å². The van der Waals surface area contributed by atoms with Crippen molar-refractivity contribution in [3.63, 3.8) is 0 Å². The summed E-state index contributed by atoms with van der Waals surface area (Å²) in [6, 6.07) is 10.2. The molecule has 0 atom stereocenters. The zero-order valence-corrected chi connectivity index (χ0v) is 11.5. The third kappa shape index (κ3) is 5.33. The summed E-state index contributed by atoms with van der Waals surface area (Å²) in [6.07, 6.45) is 7.43. The van der Waals surface area contributed by atoms with Gasteiger partial charge in [-0.3, -0.25) is 0 Å². The Labute approximate surface area is 115 Å². The first-order valence-electron chi connectivity index (χ1n) is 7.40. The van der Waals surface area contributed by atoms with Gasteiger partial charge in [0, 0.05) is 13.1 Å². The molecule has 1 saturated carbocycles. The fourth-order valence-electron chi connectivity index (χ4n) is 2.66. The molecular formula is C16H24N2O. The zero-order chi connectivity index (χ0) is 13.3. The molecule has 3 heteroatoms. The van der Waals surface area contributed by atoms with Crippen LogP contribution in [0, 0.1) is 5.92 Å². The molecule has 0 saturated heterocycles. The van der Waals surface area contributed by atoms with E-state index in [1.165, 1.54) is 37.7 Å². The van der Waals surface area contributed by atoms with Crippen LogP contribution in [0.15, 0.2) is 30.3 Å². The van der Waals surface area contributed by atoms with Gasteiger partial charge >= 0.3 is 6.03 Å². The lowest BCUT2D eigenvalue weighted by molar-refractivity contribution is 0.236. The lowest BCUT2D eigenvalue weighted by atomic mass is 9.89. The van der Waals surface area contributed by atoms with Crippen molar-refractivity contribution in [3.8, 4) is 0 Å². The molecule has 0 aromatic heterocycles. The van der Waals surface area contributed by atoms with Crippen molar-refractivity contribution in [2.75, 3.05) is 13.1 Å². The van der Waals surface area contributed by atoms with Gasteiger partial charge in [0.1, 0.15) is 0 Å². The van der Waals surface area contributed by atoms with Crippen LogP contribution in [0.4, 0.5) is 4.79 Å². The second-order valence-electron chi connectivity index (χ2n) is 5.38. The molecule has 0 unspecified atom stereocenters. The molecule has 1 aromatic rings. The van der Waals surface area contributed by atoms with Crippen molar-refractivity contribution < 1.29 is 4.79 Å². The third-order valence-corrected chi connectivity index (χ3v) is 3.82.